The van der Waals surface area contributed by atoms with Crippen LogP contribution in [-0.4, -0.2) is 27.6 Å². The van der Waals surface area contributed by atoms with E-state index >= 15 is 0 Å². The van der Waals surface area contributed by atoms with Gasteiger partial charge in [0.15, 0.2) is 0 Å². The molecule has 0 radical (unpaired) electrons. The van der Waals surface area contributed by atoms with E-state index in [2.05, 4.69) is 5.10 Å². The maximum Gasteiger partial charge on any atom is 0.254 e. The monoisotopic (exact) mass is 337 g/mol. The summed E-state index contributed by atoms with van der Waals surface area (Å²) in [6, 6.07) is 15.6. The summed E-state index contributed by atoms with van der Waals surface area (Å²) in [5, 5.41) is 4.60. The highest BCUT2D eigenvalue weighted by Crippen LogP contribution is 2.20. The van der Waals surface area contributed by atoms with Gasteiger partial charge in [0.05, 0.1) is 11.4 Å². The number of rotatable bonds is 4. The third-order valence-corrected chi connectivity index (χ3v) is 4.26. The number of amides is 1. The van der Waals surface area contributed by atoms with Crippen molar-refractivity contribution in [2.75, 3.05) is 7.05 Å². The van der Waals surface area contributed by atoms with Crippen LogP contribution in [0.5, 0.6) is 0 Å². The molecular formula is C20H20FN3O. The van der Waals surface area contributed by atoms with Crippen molar-refractivity contribution in [3.63, 3.8) is 0 Å². The Kier molecular flexibility index (Phi) is 4.65. The standard InChI is InChI=1S/C20H20FN3O/c1-14-19(15(2)24(22-14)18-10-5-4-6-11-18)13-23(3)20(25)16-8-7-9-17(21)12-16/h4-12H,13H2,1-3H3. The van der Waals surface area contributed by atoms with E-state index < -0.39 is 5.82 Å². The lowest BCUT2D eigenvalue weighted by molar-refractivity contribution is 0.0784. The summed E-state index contributed by atoms with van der Waals surface area (Å²) in [5.41, 5.74) is 4.18. The van der Waals surface area contributed by atoms with Gasteiger partial charge < -0.3 is 4.90 Å². The average Bonchev–Trinajstić information content (AvgIpc) is 2.90. The number of carbonyl (C=O) groups excluding carboxylic acids is 1. The number of aromatic nitrogens is 2. The topological polar surface area (TPSA) is 38.1 Å². The molecule has 128 valence electrons. The second-order valence-electron chi connectivity index (χ2n) is 6.07. The van der Waals surface area contributed by atoms with Crippen LogP contribution in [0.25, 0.3) is 5.69 Å². The molecule has 4 nitrogen and oxygen atoms in total. The Morgan fingerprint density at radius 1 is 1.12 bits per heavy atom. The van der Waals surface area contributed by atoms with E-state index in [1.807, 2.05) is 48.9 Å². The molecule has 0 N–H and O–H groups in total. The van der Waals surface area contributed by atoms with Gasteiger partial charge in [0, 0.05) is 30.4 Å². The quantitative estimate of drug-likeness (QED) is 0.724. The van der Waals surface area contributed by atoms with Crippen LogP contribution < -0.4 is 0 Å². The van der Waals surface area contributed by atoms with Gasteiger partial charge in [-0.25, -0.2) is 9.07 Å². The summed E-state index contributed by atoms with van der Waals surface area (Å²) in [6.07, 6.45) is 0. The Balaban J connectivity index is 1.86. The van der Waals surface area contributed by atoms with Crippen LogP contribution >= 0.6 is 0 Å². The minimum atomic E-state index is -0.413. The fraction of sp³-hybridized carbons (Fsp3) is 0.200. The van der Waals surface area contributed by atoms with Gasteiger partial charge in [-0.3, -0.25) is 4.79 Å². The Morgan fingerprint density at radius 2 is 1.84 bits per heavy atom. The molecule has 0 fully saturated rings. The molecule has 0 spiro atoms. The highest BCUT2D eigenvalue weighted by molar-refractivity contribution is 5.94. The molecule has 3 rings (SSSR count). The van der Waals surface area contributed by atoms with Crippen molar-refractivity contribution < 1.29 is 9.18 Å². The molecule has 5 heteroatoms. The zero-order valence-corrected chi connectivity index (χ0v) is 14.5. The minimum absolute atomic E-state index is 0.217. The van der Waals surface area contributed by atoms with Crippen LogP contribution in [0.1, 0.15) is 27.3 Å². The minimum Gasteiger partial charge on any atom is -0.337 e. The molecule has 3 aromatic rings. The average molecular weight is 337 g/mol. The number of benzene rings is 2. The van der Waals surface area contributed by atoms with E-state index in [0.29, 0.717) is 12.1 Å². The van der Waals surface area contributed by atoms with E-state index in [9.17, 15) is 9.18 Å². The van der Waals surface area contributed by atoms with Crippen molar-refractivity contribution in [2.45, 2.75) is 20.4 Å². The molecule has 1 amide bonds. The predicted molar refractivity (Wildman–Crippen MR) is 95.2 cm³/mol. The lowest BCUT2D eigenvalue weighted by Crippen LogP contribution is -2.26. The van der Waals surface area contributed by atoms with Gasteiger partial charge in [0.2, 0.25) is 0 Å². The smallest absolute Gasteiger partial charge is 0.254 e. The maximum absolute atomic E-state index is 13.4. The van der Waals surface area contributed by atoms with Gasteiger partial charge in [-0.2, -0.15) is 5.10 Å². The molecule has 0 aliphatic rings. The summed E-state index contributed by atoms with van der Waals surface area (Å²) in [4.78, 5) is 14.1. The number of hydrogen-bond acceptors (Lipinski definition) is 2. The number of para-hydroxylation sites is 1. The highest BCUT2D eigenvalue weighted by Gasteiger charge is 2.18. The van der Waals surface area contributed by atoms with Crippen LogP contribution in [0.15, 0.2) is 54.6 Å². The normalized spacial score (nSPS) is 10.7. The van der Waals surface area contributed by atoms with Crippen molar-refractivity contribution in [1.29, 1.82) is 0 Å². The lowest BCUT2D eigenvalue weighted by atomic mass is 10.1. The Morgan fingerprint density at radius 3 is 2.52 bits per heavy atom. The molecule has 0 unspecified atom stereocenters. The summed E-state index contributed by atoms with van der Waals surface area (Å²) in [5.74, 6) is -0.630. The van der Waals surface area contributed by atoms with Crippen LogP contribution in [0.3, 0.4) is 0 Å². The first kappa shape index (κ1) is 16.9. The molecule has 0 bridgehead atoms. The molecule has 2 aromatic carbocycles. The first-order valence-electron chi connectivity index (χ1n) is 8.09. The van der Waals surface area contributed by atoms with E-state index in [1.54, 1.807) is 24.1 Å². The Labute approximate surface area is 146 Å². The zero-order valence-electron chi connectivity index (χ0n) is 14.5. The summed E-state index contributed by atoms with van der Waals surface area (Å²) >= 11 is 0. The molecule has 0 saturated heterocycles. The van der Waals surface area contributed by atoms with Gasteiger partial charge in [0.25, 0.3) is 5.91 Å². The molecule has 1 aromatic heterocycles. The number of aryl methyl sites for hydroxylation is 1. The lowest BCUT2D eigenvalue weighted by Gasteiger charge is -2.17. The molecular weight excluding hydrogens is 317 g/mol. The molecule has 1 heterocycles. The fourth-order valence-electron chi connectivity index (χ4n) is 2.88. The van der Waals surface area contributed by atoms with Gasteiger partial charge in [-0.05, 0) is 44.2 Å². The van der Waals surface area contributed by atoms with Gasteiger partial charge in [-0.1, -0.05) is 24.3 Å². The molecule has 25 heavy (non-hydrogen) atoms. The van der Waals surface area contributed by atoms with Crippen LogP contribution in [0, 0.1) is 19.7 Å². The van der Waals surface area contributed by atoms with E-state index in [0.717, 1.165) is 22.6 Å². The summed E-state index contributed by atoms with van der Waals surface area (Å²) in [6.45, 7) is 4.34. The van der Waals surface area contributed by atoms with Gasteiger partial charge in [-0.15, -0.1) is 0 Å². The molecule has 0 aliphatic heterocycles. The van der Waals surface area contributed by atoms with E-state index in [4.69, 9.17) is 0 Å². The van der Waals surface area contributed by atoms with Gasteiger partial charge >= 0.3 is 0 Å². The van der Waals surface area contributed by atoms with Crippen molar-refractivity contribution in [2.24, 2.45) is 0 Å². The number of hydrogen-bond donors (Lipinski definition) is 0. The first-order valence-corrected chi connectivity index (χ1v) is 8.09. The molecule has 0 atom stereocenters. The number of carbonyl (C=O) groups is 1. The second kappa shape index (κ2) is 6.89. The predicted octanol–water partition coefficient (Wildman–Crippen LogP) is 3.90. The van der Waals surface area contributed by atoms with Crippen molar-refractivity contribution in [3.05, 3.63) is 82.9 Å². The highest BCUT2D eigenvalue weighted by atomic mass is 19.1. The third kappa shape index (κ3) is 3.45. The van der Waals surface area contributed by atoms with Crippen LogP contribution in [0.2, 0.25) is 0 Å². The largest absolute Gasteiger partial charge is 0.337 e. The van der Waals surface area contributed by atoms with Crippen LogP contribution in [-0.2, 0) is 6.54 Å². The van der Waals surface area contributed by atoms with Crippen molar-refractivity contribution in [3.8, 4) is 5.69 Å². The van der Waals surface area contributed by atoms with Crippen molar-refractivity contribution in [1.82, 2.24) is 14.7 Å². The van der Waals surface area contributed by atoms with E-state index in [-0.39, 0.29) is 5.91 Å². The zero-order chi connectivity index (χ0) is 18.0. The Hall–Kier alpha value is -2.95. The SMILES string of the molecule is Cc1nn(-c2ccccc2)c(C)c1CN(C)C(=O)c1cccc(F)c1. The number of halogens is 1. The summed E-state index contributed by atoms with van der Waals surface area (Å²) in [7, 11) is 1.71. The maximum atomic E-state index is 13.4. The fourth-order valence-corrected chi connectivity index (χ4v) is 2.88. The molecule has 0 saturated carbocycles. The molecule has 0 aliphatic carbocycles. The van der Waals surface area contributed by atoms with Crippen LogP contribution in [0.4, 0.5) is 4.39 Å². The van der Waals surface area contributed by atoms with Gasteiger partial charge in [0.1, 0.15) is 5.82 Å². The van der Waals surface area contributed by atoms with Crippen molar-refractivity contribution >= 4 is 5.91 Å². The first-order chi connectivity index (χ1) is 12.0. The van der Waals surface area contributed by atoms with E-state index in [1.165, 1.54) is 12.1 Å². The second-order valence-corrected chi connectivity index (χ2v) is 6.07. The number of nitrogens with zero attached hydrogens (tertiary/aromatic N) is 3. The Bertz CT molecular complexity index is 903. The summed E-state index contributed by atoms with van der Waals surface area (Å²) < 4.78 is 15.2. The third-order valence-electron chi connectivity index (χ3n) is 4.26.